The predicted octanol–water partition coefficient (Wildman–Crippen LogP) is 3.68. The maximum Gasteiger partial charge on any atom is 0.270 e. The number of aromatic nitrogens is 7. The molecule has 12 heteroatoms. The van der Waals surface area contributed by atoms with E-state index < -0.39 is 11.9 Å². The van der Waals surface area contributed by atoms with Crippen molar-refractivity contribution in [2.24, 2.45) is 0 Å². The molecule has 0 bridgehead atoms. The molecule has 176 valence electrons. The number of aromatic amines is 1. The number of hydrogen-bond donors (Lipinski definition) is 3. The molecule has 0 saturated heterocycles. The molecule has 1 aliphatic carbocycles. The first-order valence-corrected chi connectivity index (χ1v) is 11.1. The van der Waals surface area contributed by atoms with Crippen molar-refractivity contribution < 1.29 is 13.8 Å². The van der Waals surface area contributed by atoms with E-state index in [1.807, 2.05) is 12.1 Å². The van der Waals surface area contributed by atoms with Gasteiger partial charge in [-0.2, -0.15) is 0 Å². The summed E-state index contributed by atoms with van der Waals surface area (Å²) >= 11 is 0. The lowest BCUT2D eigenvalue weighted by molar-refractivity contribution is 0.0928. The van der Waals surface area contributed by atoms with E-state index in [9.17, 15) is 4.79 Å². The molecule has 1 unspecified atom stereocenters. The highest BCUT2D eigenvalue weighted by Gasteiger charge is 2.40. The highest BCUT2D eigenvalue weighted by molar-refractivity contribution is 5.93. The molecule has 0 spiro atoms. The van der Waals surface area contributed by atoms with Crippen molar-refractivity contribution in [3.05, 3.63) is 60.1 Å². The van der Waals surface area contributed by atoms with E-state index in [2.05, 4.69) is 47.8 Å². The number of rotatable bonds is 7. The summed E-state index contributed by atoms with van der Waals surface area (Å²) in [6.45, 7) is 4.00. The number of pyridine rings is 1. The van der Waals surface area contributed by atoms with Crippen molar-refractivity contribution >= 4 is 28.7 Å². The van der Waals surface area contributed by atoms with Gasteiger partial charge in [-0.15, -0.1) is 0 Å². The quantitative estimate of drug-likeness (QED) is 0.319. The number of H-pyrrole nitrogens is 1. The normalized spacial score (nSPS) is 15.1. The van der Waals surface area contributed by atoms with Crippen LogP contribution in [0.2, 0.25) is 0 Å². The lowest BCUT2D eigenvalue weighted by Crippen LogP contribution is -2.27. The van der Waals surface area contributed by atoms with Gasteiger partial charge < -0.3 is 24.7 Å². The van der Waals surface area contributed by atoms with Crippen LogP contribution in [0.15, 0.2) is 52.0 Å². The van der Waals surface area contributed by atoms with E-state index in [0.717, 1.165) is 24.1 Å². The summed E-state index contributed by atoms with van der Waals surface area (Å²) in [6, 6.07) is 8.46. The van der Waals surface area contributed by atoms with Crippen molar-refractivity contribution in [3.8, 4) is 11.5 Å². The lowest BCUT2D eigenvalue weighted by Gasteiger charge is -2.10. The van der Waals surface area contributed by atoms with Gasteiger partial charge in [-0.05, 0) is 31.9 Å². The Kier molecular flexibility index (Phi) is 4.80. The summed E-state index contributed by atoms with van der Waals surface area (Å²) in [7, 11) is 0. The Morgan fingerprint density at radius 3 is 2.80 bits per heavy atom. The maximum absolute atomic E-state index is 12.7. The number of hydrogen-bond acceptors (Lipinski definition) is 10. The average Bonchev–Trinajstić information content (AvgIpc) is 3.30. The minimum Gasteiger partial charge on any atom is -0.363 e. The summed E-state index contributed by atoms with van der Waals surface area (Å²) < 4.78 is 10.3. The van der Waals surface area contributed by atoms with Crippen molar-refractivity contribution in [1.29, 1.82) is 0 Å². The van der Waals surface area contributed by atoms with Gasteiger partial charge in [0.15, 0.2) is 23.0 Å². The fourth-order valence-corrected chi connectivity index (χ4v) is 3.70. The van der Waals surface area contributed by atoms with Crippen molar-refractivity contribution in [2.45, 2.75) is 38.1 Å². The fraction of sp³-hybridized carbons (Fsp3) is 0.261. The molecule has 1 aliphatic rings. The number of carbonyl (C=O) groups excluding carboxylic acids is 1. The summed E-state index contributed by atoms with van der Waals surface area (Å²) in [6.07, 6.45) is 5.01. The molecule has 0 aliphatic heterocycles. The number of nitrogens with zero attached hydrogens (tertiary/aromatic N) is 6. The molecular formula is C23H21N9O3. The molecule has 5 aromatic rings. The molecule has 1 amide bonds. The average molecular weight is 471 g/mol. The van der Waals surface area contributed by atoms with Gasteiger partial charge in [0.2, 0.25) is 0 Å². The number of anilines is 2. The lowest BCUT2D eigenvalue weighted by atomic mass is 10.1. The van der Waals surface area contributed by atoms with Crippen LogP contribution in [0.5, 0.6) is 0 Å². The van der Waals surface area contributed by atoms with Gasteiger partial charge in [0.05, 0.1) is 11.6 Å². The Labute approximate surface area is 198 Å². The number of nitrogens with one attached hydrogen (secondary N) is 3. The molecule has 1 atom stereocenters. The van der Waals surface area contributed by atoms with Crippen LogP contribution in [-0.4, -0.2) is 41.1 Å². The van der Waals surface area contributed by atoms with Gasteiger partial charge in [-0.25, -0.2) is 19.9 Å². The zero-order valence-electron chi connectivity index (χ0n) is 18.9. The predicted molar refractivity (Wildman–Crippen MR) is 124 cm³/mol. The van der Waals surface area contributed by atoms with Crippen molar-refractivity contribution in [3.63, 3.8) is 0 Å². The molecule has 5 heterocycles. The van der Waals surface area contributed by atoms with Crippen LogP contribution in [0.4, 0.5) is 11.6 Å². The third-order valence-electron chi connectivity index (χ3n) is 6.10. The molecular weight excluding hydrogens is 450 g/mol. The highest BCUT2D eigenvalue weighted by Crippen LogP contribution is 2.46. The van der Waals surface area contributed by atoms with E-state index >= 15 is 0 Å². The molecule has 6 rings (SSSR count). The zero-order valence-corrected chi connectivity index (χ0v) is 18.9. The van der Waals surface area contributed by atoms with Gasteiger partial charge in [-0.1, -0.05) is 17.2 Å². The highest BCUT2D eigenvalue weighted by atomic mass is 16.5. The maximum atomic E-state index is 12.7. The molecule has 1 fully saturated rings. The number of carbonyl (C=O) groups is 1. The molecule has 12 nitrogen and oxygen atoms in total. The Bertz CT molecular complexity index is 1520. The van der Waals surface area contributed by atoms with Crippen LogP contribution in [0.3, 0.4) is 0 Å². The monoisotopic (exact) mass is 471 g/mol. The standard InChI is InChI=1S/C23H21N9O3/c1-12(26-22(33)15-10-19(25-11-24-15)29-18-5-8-34-32-18)16-9-14(31-35-16)21-27-13-3-4-17(23(2)6-7-23)28-20(13)30-21/h3-5,8-12H,6-7H2,1-2H3,(H,26,33)(H,27,28,30)(H,24,25,29,32). The first-order valence-electron chi connectivity index (χ1n) is 11.1. The van der Waals surface area contributed by atoms with E-state index in [4.69, 9.17) is 14.0 Å². The molecule has 5 aromatic heterocycles. The first-order chi connectivity index (χ1) is 17.0. The van der Waals surface area contributed by atoms with Gasteiger partial charge >= 0.3 is 0 Å². The van der Waals surface area contributed by atoms with Gasteiger partial charge in [0.1, 0.15) is 29.8 Å². The summed E-state index contributed by atoms with van der Waals surface area (Å²) in [5.41, 5.74) is 3.41. The van der Waals surface area contributed by atoms with Crippen LogP contribution in [0.1, 0.15) is 54.7 Å². The van der Waals surface area contributed by atoms with Crippen molar-refractivity contribution in [2.75, 3.05) is 5.32 Å². The van der Waals surface area contributed by atoms with E-state index in [-0.39, 0.29) is 11.1 Å². The zero-order chi connectivity index (χ0) is 24.0. The third kappa shape index (κ3) is 4.09. The number of amides is 1. The minimum atomic E-state index is -0.463. The van der Waals surface area contributed by atoms with Crippen LogP contribution in [0.25, 0.3) is 22.7 Å². The van der Waals surface area contributed by atoms with Crippen LogP contribution < -0.4 is 10.6 Å². The van der Waals surface area contributed by atoms with Gasteiger partial charge in [0.25, 0.3) is 5.91 Å². The number of imidazole rings is 1. The van der Waals surface area contributed by atoms with Crippen LogP contribution in [0, 0.1) is 0 Å². The van der Waals surface area contributed by atoms with Crippen LogP contribution in [-0.2, 0) is 5.41 Å². The van der Waals surface area contributed by atoms with E-state index in [1.165, 1.54) is 18.7 Å². The molecule has 1 saturated carbocycles. The smallest absolute Gasteiger partial charge is 0.270 e. The van der Waals surface area contributed by atoms with Gasteiger partial charge in [-0.3, -0.25) is 4.79 Å². The second-order valence-electron chi connectivity index (χ2n) is 8.82. The second-order valence-corrected chi connectivity index (χ2v) is 8.82. The summed E-state index contributed by atoms with van der Waals surface area (Å²) in [4.78, 5) is 33.4. The van der Waals surface area contributed by atoms with E-state index in [0.29, 0.717) is 34.6 Å². The largest absolute Gasteiger partial charge is 0.363 e. The minimum absolute atomic E-state index is 0.165. The SMILES string of the molecule is CC(NC(=O)c1cc(Nc2ccon2)ncn1)c1cc(-c2nc3nc(C4(C)CC4)ccc3[nH]2)no1. The Morgan fingerprint density at radius 1 is 1.11 bits per heavy atom. The molecule has 3 N–H and O–H groups in total. The van der Waals surface area contributed by atoms with Crippen molar-refractivity contribution in [1.82, 2.24) is 40.6 Å². The Morgan fingerprint density at radius 2 is 2.00 bits per heavy atom. The second kappa shape index (κ2) is 8.01. The Balaban J connectivity index is 1.16. The third-order valence-corrected chi connectivity index (χ3v) is 6.10. The summed E-state index contributed by atoms with van der Waals surface area (Å²) in [5.74, 6) is 1.51. The van der Waals surface area contributed by atoms with Gasteiger partial charge in [0, 0.05) is 29.3 Å². The number of fused-ring (bicyclic) bond motifs is 1. The first kappa shape index (κ1) is 21.0. The van der Waals surface area contributed by atoms with E-state index in [1.54, 1.807) is 19.1 Å². The fourth-order valence-electron chi connectivity index (χ4n) is 3.70. The molecule has 0 radical (unpaired) electrons. The molecule has 35 heavy (non-hydrogen) atoms. The Hall–Kier alpha value is -4.61. The topological polar surface area (TPSA) is 161 Å². The summed E-state index contributed by atoms with van der Waals surface area (Å²) in [5, 5.41) is 13.7. The van der Waals surface area contributed by atoms with Crippen LogP contribution >= 0.6 is 0 Å². The molecule has 0 aromatic carbocycles.